The van der Waals surface area contributed by atoms with Crippen molar-refractivity contribution in [3.63, 3.8) is 0 Å². The van der Waals surface area contributed by atoms with Gasteiger partial charge < -0.3 is 9.31 Å². The third kappa shape index (κ3) is 0.649. The van der Waals surface area contributed by atoms with Gasteiger partial charge in [-0.25, -0.2) is 0 Å². The maximum atomic E-state index is 4.62. The minimum absolute atomic E-state index is 0.123. The van der Waals surface area contributed by atoms with Crippen molar-refractivity contribution in [2.75, 3.05) is 0 Å². The third-order valence-electron chi connectivity index (χ3n) is 0.398. The Kier molecular flexibility index (Phi) is 0.936. The van der Waals surface area contributed by atoms with Crippen molar-refractivity contribution in [1.29, 1.82) is 0 Å². The van der Waals surface area contributed by atoms with Crippen LogP contribution in [0.15, 0.2) is 0 Å². The molecular weight excluding hydrogens is 135 g/mol. The van der Waals surface area contributed by atoms with Crippen molar-refractivity contribution in [2.45, 2.75) is 5.20 Å². The van der Waals surface area contributed by atoms with Crippen LogP contribution in [0.3, 0.4) is 0 Å². The zero-order chi connectivity index (χ0) is 3.70. The first kappa shape index (κ1) is 3.65. The van der Waals surface area contributed by atoms with Crippen LogP contribution in [0.4, 0.5) is 0 Å². The minimum atomic E-state index is -0.123. The molecule has 28 valence electrons. The Labute approximate surface area is 38.9 Å². The molecule has 0 spiro atoms. The summed E-state index contributed by atoms with van der Waals surface area (Å²) in [6.45, 7) is 0. The molecule has 5 heavy (non-hydrogen) atoms. The van der Waals surface area contributed by atoms with Crippen molar-refractivity contribution in [3.05, 3.63) is 0 Å². The maximum Gasteiger partial charge on any atom is 0.442 e. The lowest BCUT2D eigenvalue weighted by atomic mass is 10.4. The molecule has 1 fully saturated rings. The van der Waals surface area contributed by atoms with Crippen LogP contribution >= 0.6 is 15.9 Å². The van der Waals surface area contributed by atoms with Crippen LogP contribution in [0.25, 0.3) is 0 Å². The van der Waals surface area contributed by atoms with Crippen LogP contribution in [0.5, 0.6) is 0 Å². The van der Waals surface area contributed by atoms with Gasteiger partial charge in [0.15, 0.2) is 5.20 Å². The Hall–Kier alpha value is 0.465. The summed E-state index contributed by atoms with van der Waals surface area (Å²) in [6, 6.07) is 0. The lowest BCUT2D eigenvalue weighted by Gasteiger charge is -2.18. The van der Waals surface area contributed by atoms with Gasteiger partial charge in [0.05, 0.1) is 0 Å². The molecule has 0 amide bonds. The fraction of sp³-hybridized carbons (Fsp3) is 1.00. The molecule has 1 aliphatic rings. The second kappa shape index (κ2) is 1.28. The summed E-state index contributed by atoms with van der Waals surface area (Å²) >= 11 is 3.02. The monoisotopic (exact) mass is 136 g/mol. The Morgan fingerprint density at radius 3 is 2.00 bits per heavy atom. The number of rotatable bonds is 0. The lowest BCUT2D eigenvalue weighted by Crippen LogP contribution is -2.27. The van der Waals surface area contributed by atoms with E-state index in [-0.39, 0.29) is 5.20 Å². The quantitative estimate of drug-likeness (QED) is 0.344. The van der Waals surface area contributed by atoms with Gasteiger partial charge in [-0.15, -0.1) is 0 Å². The summed E-state index contributed by atoms with van der Waals surface area (Å²) in [4.78, 5) is 0. The molecule has 1 heterocycles. The summed E-state index contributed by atoms with van der Waals surface area (Å²) in [7, 11) is 0.440. The Morgan fingerprint density at radius 1 is 1.60 bits per heavy atom. The number of hydrogen-bond acceptors (Lipinski definition) is 2. The van der Waals surface area contributed by atoms with Gasteiger partial charge in [0.2, 0.25) is 0 Å². The molecule has 1 saturated heterocycles. The zero-order valence-electron chi connectivity index (χ0n) is 2.48. The highest BCUT2D eigenvalue weighted by atomic mass is 79.9. The summed E-state index contributed by atoms with van der Waals surface area (Å²) < 4.78 is 9.25. The van der Waals surface area contributed by atoms with E-state index in [4.69, 9.17) is 0 Å². The van der Waals surface area contributed by atoms with Gasteiger partial charge in [0.1, 0.15) is 0 Å². The normalized spacial score (nSPS) is 24.2. The fourth-order valence-corrected chi connectivity index (χ4v) is 0.335. The van der Waals surface area contributed by atoms with E-state index >= 15 is 0 Å². The van der Waals surface area contributed by atoms with E-state index in [2.05, 4.69) is 25.2 Å². The van der Waals surface area contributed by atoms with E-state index in [9.17, 15) is 0 Å². The largest absolute Gasteiger partial charge is 0.442 e. The molecule has 0 aromatic heterocycles. The standard InChI is InChI=1S/CH2BBrO2/c3-1-4-2-5-1/h1-2H. The highest BCUT2D eigenvalue weighted by Crippen LogP contribution is 2.09. The molecule has 2 nitrogen and oxygen atoms in total. The SMILES string of the molecule is BrC1OBO1. The van der Waals surface area contributed by atoms with Crippen LogP contribution in [-0.2, 0) is 9.31 Å². The van der Waals surface area contributed by atoms with Gasteiger partial charge in [-0.05, 0) is 15.9 Å². The molecule has 4 heteroatoms. The van der Waals surface area contributed by atoms with Crippen molar-refractivity contribution >= 4 is 23.6 Å². The first-order valence-electron chi connectivity index (χ1n) is 1.27. The summed E-state index contributed by atoms with van der Waals surface area (Å²) in [5.41, 5.74) is 0. The predicted molar refractivity (Wildman–Crippen MR) is 22.0 cm³/mol. The molecule has 0 bridgehead atoms. The summed E-state index contributed by atoms with van der Waals surface area (Å²) in [5.74, 6) is 0. The molecule has 0 radical (unpaired) electrons. The van der Waals surface area contributed by atoms with Gasteiger partial charge in [-0.2, -0.15) is 0 Å². The molecule has 0 N–H and O–H groups in total. The van der Waals surface area contributed by atoms with E-state index < -0.39 is 0 Å². The van der Waals surface area contributed by atoms with Crippen molar-refractivity contribution in [1.82, 2.24) is 0 Å². The highest BCUT2D eigenvalue weighted by Gasteiger charge is 2.14. The fourth-order valence-electron chi connectivity index (χ4n) is 0.119. The molecule has 0 unspecified atom stereocenters. The second-order valence-corrected chi connectivity index (χ2v) is 1.47. The Morgan fingerprint density at radius 2 is 2.00 bits per heavy atom. The number of hydrogen-bond donors (Lipinski definition) is 0. The summed E-state index contributed by atoms with van der Waals surface area (Å²) in [6.07, 6.45) is 0. The average molecular weight is 137 g/mol. The van der Waals surface area contributed by atoms with Gasteiger partial charge in [0, 0.05) is 0 Å². The molecule has 1 aliphatic heterocycles. The third-order valence-corrected chi connectivity index (χ3v) is 0.927. The summed E-state index contributed by atoms with van der Waals surface area (Å²) in [5, 5.41) is -0.123. The van der Waals surface area contributed by atoms with Crippen molar-refractivity contribution in [2.24, 2.45) is 0 Å². The van der Waals surface area contributed by atoms with E-state index in [1.165, 1.54) is 0 Å². The Balaban J connectivity index is 2.08. The van der Waals surface area contributed by atoms with Crippen LogP contribution in [-0.4, -0.2) is 12.9 Å². The molecule has 0 atom stereocenters. The van der Waals surface area contributed by atoms with E-state index in [0.29, 0.717) is 7.69 Å². The molecule has 0 saturated carbocycles. The molecule has 0 aromatic rings. The lowest BCUT2D eigenvalue weighted by molar-refractivity contribution is -0.0184. The maximum absolute atomic E-state index is 4.62. The number of alkyl halides is 1. The van der Waals surface area contributed by atoms with E-state index in [0.717, 1.165) is 0 Å². The molecule has 0 aromatic carbocycles. The van der Waals surface area contributed by atoms with E-state index in [1.54, 1.807) is 0 Å². The Bertz CT molecular complexity index is 36.6. The molecule has 0 aliphatic carbocycles. The topological polar surface area (TPSA) is 18.5 Å². The first-order valence-corrected chi connectivity index (χ1v) is 2.18. The predicted octanol–water partition coefficient (Wildman–Crippen LogP) is -0.0218. The zero-order valence-corrected chi connectivity index (χ0v) is 4.06. The molecular formula is CH2BBrO2. The van der Waals surface area contributed by atoms with Crippen LogP contribution in [0, 0.1) is 0 Å². The van der Waals surface area contributed by atoms with Gasteiger partial charge in [-0.1, -0.05) is 0 Å². The van der Waals surface area contributed by atoms with E-state index in [1.807, 2.05) is 0 Å². The van der Waals surface area contributed by atoms with Crippen molar-refractivity contribution in [3.8, 4) is 0 Å². The number of halogens is 1. The van der Waals surface area contributed by atoms with Gasteiger partial charge >= 0.3 is 7.69 Å². The highest BCUT2D eigenvalue weighted by molar-refractivity contribution is 9.09. The van der Waals surface area contributed by atoms with Crippen LogP contribution in [0.2, 0.25) is 0 Å². The smallest absolute Gasteiger partial charge is 0.380 e. The minimum Gasteiger partial charge on any atom is -0.380 e. The molecule has 1 rings (SSSR count). The second-order valence-electron chi connectivity index (χ2n) is 0.726. The first-order chi connectivity index (χ1) is 2.39. The van der Waals surface area contributed by atoms with Crippen LogP contribution in [0.1, 0.15) is 0 Å². The van der Waals surface area contributed by atoms with Crippen molar-refractivity contribution < 1.29 is 9.31 Å². The van der Waals surface area contributed by atoms with Gasteiger partial charge in [0.25, 0.3) is 0 Å². The van der Waals surface area contributed by atoms with Gasteiger partial charge in [-0.3, -0.25) is 0 Å². The van der Waals surface area contributed by atoms with Crippen LogP contribution < -0.4 is 0 Å². The average Bonchev–Trinajstić information content (AvgIpc) is 1.30.